The van der Waals surface area contributed by atoms with E-state index in [4.69, 9.17) is 4.74 Å². The van der Waals surface area contributed by atoms with Crippen molar-refractivity contribution in [1.82, 2.24) is 19.5 Å². The van der Waals surface area contributed by atoms with Gasteiger partial charge in [-0.3, -0.25) is 9.36 Å². The molecule has 4 atom stereocenters. The summed E-state index contributed by atoms with van der Waals surface area (Å²) in [7, 11) is 0. The van der Waals surface area contributed by atoms with Crippen molar-refractivity contribution < 1.29 is 19.7 Å². The Kier molecular flexibility index (Phi) is 5.76. The number of aliphatic hydroxyl groups excluding tert-OH is 2. The number of Topliss-reactive ketones (excluding diaryl/α,β-unsaturated/α-hetero) is 1. The van der Waals surface area contributed by atoms with Crippen molar-refractivity contribution in [2.45, 2.75) is 44.4 Å². The molecule has 1 aliphatic rings. The third-order valence-corrected chi connectivity index (χ3v) is 5.56. The zero-order chi connectivity index (χ0) is 20.5. The molecule has 0 unspecified atom stereocenters. The van der Waals surface area contributed by atoms with Gasteiger partial charge in [0.1, 0.15) is 24.6 Å². The van der Waals surface area contributed by atoms with Crippen LogP contribution in [0.4, 0.5) is 5.82 Å². The van der Waals surface area contributed by atoms with Gasteiger partial charge >= 0.3 is 0 Å². The van der Waals surface area contributed by atoms with E-state index in [1.54, 1.807) is 6.92 Å². The number of hydrogen-bond acceptors (Lipinski definition) is 8. The fourth-order valence-corrected chi connectivity index (χ4v) is 3.96. The standard InChI is InChI=1S/C19H20IN5O4/c1-2-12(26)16-14(27)15(28)19(29-16)25-9-24-13-17(22-8-23-18(13)25)21-7-10-4-3-5-11(20)6-10/h3-6,8-9,14-16,19,27-28H,2,7H2,1H3,(H,21,22,23)/t14-,15+,16+,19+/m0/s1. The Balaban J connectivity index is 1.60. The van der Waals surface area contributed by atoms with E-state index in [-0.39, 0.29) is 12.2 Å². The van der Waals surface area contributed by atoms with Gasteiger partial charge in [0.05, 0.1) is 6.33 Å². The van der Waals surface area contributed by atoms with Gasteiger partial charge < -0.3 is 20.3 Å². The van der Waals surface area contributed by atoms with Gasteiger partial charge in [0, 0.05) is 16.5 Å². The summed E-state index contributed by atoms with van der Waals surface area (Å²) in [4.78, 5) is 24.9. The second kappa shape index (κ2) is 8.30. The first-order valence-electron chi connectivity index (χ1n) is 9.19. The van der Waals surface area contributed by atoms with Gasteiger partial charge in [0.15, 0.2) is 29.0 Å². The number of carbonyl (C=O) groups is 1. The quantitative estimate of drug-likeness (QED) is 0.429. The SMILES string of the molecule is CCC(=O)[C@H]1O[C@@H](n2cnc3c(NCc4cccc(I)c4)ncnc32)[C@H](O)[C@@H]1O. The highest BCUT2D eigenvalue weighted by Crippen LogP contribution is 2.33. The van der Waals surface area contributed by atoms with E-state index in [2.05, 4.69) is 48.9 Å². The molecule has 9 nitrogen and oxygen atoms in total. The minimum atomic E-state index is -1.30. The molecule has 4 rings (SSSR count). The Morgan fingerprint density at radius 3 is 2.86 bits per heavy atom. The summed E-state index contributed by atoms with van der Waals surface area (Å²) in [6.07, 6.45) is -1.54. The summed E-state index contributed by atoms with van der Waals surface area (Å²) in [6.45, 7) is 2.24. The Morgan fingerprint density at radius 2 is 2.10 bits per heavy atom. The molecular weight excluding hydrogens is 489 g/mol. The highest BCUT2D eigenvalue weighted by Gasteiger charge is 2.47. The molecule has 0 radical (unpaired) electrons. The number of ketones is 1. The van der Waals surface area contributed by atoms with Gasteiger partial charge in [-0.25, -0.2) is 15.0 Å². The maximum absolute atomic E-state index is 12.0. The molecule has 1 aliphatic heterocycles. The van der Waals surface area contributed by atoms with Crippen LogP contribution in [0.25, 0.3) is 11.2 Å². The number of aromatic nitrogens is 4. The predicted octanol–water partition coefficient (Wildman–Crippen LogP) is 1.64. The summed E-state index contributed by atoms with van der Waals surface area (Å²) in [5.74, 6) is 0.278. The van der Waals surface area contributed by atoms with Crippen molar-refractivity contribution >= 4 is 45.4 Å². The van der Waals surface area contributed by atoms with Crippen molar-refractivity contribution in [1.29, 1.82) is 0 Å². The lowest BCUT2D eigenvalue weighted by molar-refractivity contribution is -0.135. The number of anilines is 1. The van der Waals surface area contributed by atoms with Gasteiger partial charge in [0.2, 0.25) is 0 Å². The van der Waals surface area contributed by atoms with Crippen LogP contribution >= 0.6 is 22.6 Å². The third kappa shape index (κ3) is 3.84. The molecule has 29 heavy (non-hydrogen) atoms. The highest BCUT2D eigenvalue weighted by molar-refractivity contribution is 14.1. The maximum atomic E-state index is 12.0. The first-order valence-corrected chi connectivity index (χ1v) is 10.3. The van der Waals surface area contributed by atoms with E-state index in [9.17, 15) is 15.0 Å². The molecule has 1 aromatic carbocycles. The minimum Gasteiger partial charge on any atom is -0.387 e. The number of ether oxygens (including phenoxy) is 1. The van der Waals surface area contributed by atoms with Crippen LogP contribution in [0.2, 0.25) is 0 Å². The van der Waals surface area contributed by atoms with Crippen molar-refractivity contribution in [2.24, 2.45) is 0 Å². The number of fused-ring (bicyclic) bond motifs is 1. The topological polar surface area (TPSA) is 122 Å². The fourth-order valence-electron chi connectivity index (χ4n) is 3.36. The average molecular weight is 509 g/mol. The Morgan fingerprint density at radius 1 is 1.28 bits per heavy atom. The number of carbonyl (C=O) groups excluding carboxylic acids is 1. The van der Waals surface area contributed by atoms with Crippen LogP contribution in [0.1, 0.15) is 25.1 Å². The largest absolute Gasteiger partial charge is 0.387 e. The molecule has 1 saturated heterocycles. The molecule has 3 N–H and O–H groups in total. The van der Waals surface area contributed by atoms with Gasteiger partial charge in [-0.1, -0.05) is 19.1 Å². The number of nitrogens with zero attached hydrogens (tertiary/aromatic N) is 4. The lowest BCUT2D eigenvalue weighted by atomic mass is 10.1. The zero-order valence-corrected chi connectivity index (χ0v) is 17.7. The van der Waals surface area contributed by atoms with Crippen molar-refractivity contribution in [3.8, 4) is 0 Å². The molecular formula is C19H20IN5O4. The van der Waals surface area contributed by atoms with Crippen molar-refractivity contribution in [3.05, 3.63) is 46.1 Å². The molecule has 3 aromatic rings. The van der Waals surface area contributed by atoms with E-state index in [1.165, 1.54) is 17.2 Å². The second-order valence-corrected chi connectivity index (χ2v) is 8.02. The average Bonchev–Trinajstić information content (AvgIpc) is 3.28. The van der Waals surface area contributed by atoms with Gasteiger partial charge in [-0.15, -0.1) is 0 Å². The van der Waals surface area contributed by atoms with Crippen LogP contribution in [0.5, 0.6) is 0 Å². The number of nitrogens with one attached hydrogen (secondary N) is 1. The molecule has 1 fully saturated rings. The molecule has 10 heteroatoms. The van der Waals surface area contributed by atoms with Gasteiger partial charge in [-0.05, 0) is 40.3 Å². The van der Waals surface area contributed by atoms with E-state index in [0.717, 1.165) is 9.13 Å². The molecule has 3 heterocycles. The third-order valence-electron chi connectivity index (χ3n) is 4.89. The number of hydrogen-bond donors (Lipinski definition) is 3. The first kappa shape index (κ1) is 20.1. The highest BCUT2D eigenvalue weighted by atomic mass is 127. The number of benzene rings is 1. The zero-order valence-electron chi connectivity index (χ0n) is 15.6. The molecule has 0 spiro atoms. The first-order chi connectivity index (χ1) is 14.0. The normalized spacial score (nSPS) is 24.1. The second-order valence-electron chi connectivity index (χ2n) is 6.78. The lowest BCUT2D eigenvalue weighted by Crippen LogP contribution is -2.35. The number of rotatable bonds is 6. The van der Waals surface area contributed by atoms with Crippen LogP contribution < -0.4 is 5.32 Å². The molecule has 152 valence electrons. The van der Waals surface area contributed by atoms with Gasteiger partial charge in [0.25, 0.3) is 0 Å². The Bertz CT molecular complexity index is 1040. The van der Waals surface area contributed by atoms with Crippen molar-refractivity contribution in [3.63, 3.8) is 0 Å². The molecule has 0 amide bonds. The van der Waals surface area contributed by atoms with E-state index in [1.807, 2.05) is 18.2 Å². The smallest absolute Gasteiger partial charge is 0.167 e. The number of imidazole rings is 1. The Hall–Kier alpha value is -2.15. The number of halogens is 1. The van der Waals surface area contributed by atoms with E-state index in [0.29, 0.717) is 23.5 Å². The van der Waals surface area contributed by atoms with Crippen LogP contribution in [-0.2, 0) is 16.1 Å². The van der Waals surface area contributed by atoms with Crippen LogP contribution in [0.3, 0.4) is 0 Å². The fraction of sp³-hybridized carbons (Fsp3) is 0.368. The van der Waals surface area contributed by atoms with E-state index < -0.39 is 24.5 Å². The summed E-state index contributed by atoms with van der Waals surface area (Å²) >= 11 is 2.26. The molecule has 0 aliphatic carbocycles. The number of aliphatic hydroxyl groups is 2. The van der Waals surface area contributed by atoms with Gasteiger partial charge in [-0.2, -0.15) is 0 Å². The monoisotopic (exact) mass is 509 g/mol. The molecule has 0 bridgehead atoms. The summed E-state index contributed by atoms with van der Waals surface area (Å²) in [5, 5.41) is 23.9. The van der Waals surface area contributed by atoms with Crippen LogP contribution in [-0.4, -0.2) is 53.8 Å². The summed E-state index contributed by atoms with van der Waals surface area (Å²) in [6, 6.07) is 8.09. The predicted molar refractivity (Wildman–Crippen MR) is 113 cm³/mol. The Labute approximate surface area is 180 Å². The minimum absolute atomic E-state index is 0.209. The van der Waals surface area contributed by atoms with Crippen molar-refractivity contribution in [2.75, 3.05) is 5.32 Å². The van der Waals surface area contributed by atoms with Crippen LogP contribution in [0.15, 0.2) is 36.9 Å². The maximum Gasteiger partial charge on any atom is 0.167 e. The summed E-state index contributed by atoms with van der Waals surface area (Å²) in [5.41, 5.74) is 2.04. The van der Waals surface area contributed by atoms with E-state index >= 15 is 0 Å². The van der Waals surface area contributed by atoms with Crippen LogP contribution in [0, 0.1) is 3.57 Å². The summed E-state index contributed by atoms with van der Waals surface area (Å²) < 4.78 is 8.32. The molecule has 0 saturated carbocycles. The lowest BCUT2D eigenvalue weighted by Gasteiger charge is -2.16. The molecule has 2 aromatic heterocycles.